The fourth-order valence-electron chi connectivity index (χ4n) is 2.83. The van der Waals surface area contributed by atoms with Crippen LogP contribution in [0.3, 0.4) is 0 Å². The molecule has 3 rings (SSSR count). The molecule has 5 heteroatoms. The van der Waals surface area contributed by atoms with Crippen molar-refractivity contribution in [1.82, 2.24) is 0 Å². The number of hydrogen-bond donors (Lipinski definition) is 0. The van der Waals surface area contributed by atoms with Gasteiger partial charge in [-0.05, 0) is 24.6 Å². The normalized spacial score (nSPS) is 13.9. The number of methoxy groups -OCH3 is 1. The first-order chi connectivity index (χ1) is 11.7. The second kappa shape index (κ2) is 7.17. The van der Waals surface area contributed by atoms with Crippen molar-refractivity contribution in [3.8, 4) is 5.75 Å². The molecule has 2 aromatic rings. The van der Waals surface area contributed by atoms with Crippen molar-refractivity contribution in [2.75, 3.05) is 18.6 Å². The highest BCUT2D eigenvalue weighted by Gasteiger charge is 2.26. The van der Waals surface area contributed by atoms with Gasteiger partial charge in [0.05, 0.1) is 18.4 Å². The van der Waals surface area contributed by atoms with Crippen LogP contribution in [0, 0.1) is 0 Å². The van der Waals surface area contributed by atoms with Crippen molar-refractivity contribution in [2.45, 2.75) is 19.4 Å². The lowest BCUT2D eigenvalue weighted by atomic mass is 10.1. The SMILES string of the molecule is COc1ccccc1COC(=O)c1ccccc1N1CCCC1=O. The van der Waals surface area contributed by atoms with Crippen LogP contribution in [0.4, 0.5) is 5.69 Å². The van der Waals surface area contributed by atoms with Crippen LogP contribution >= 0.6 is 0 Å². The molecule has 2 aromatic carbocycles. The van der Waals surface area contributed by atoms with E-state index in [9.17, 15) is 9.59 Å². The van der Waals surface area contributed by atoms with Gasteiger partial charge in [0.2, 0.25) is 5.91 Å². The summed E-state index contributed by atoms with van der Waals surface area (Å²) >= 11 is 0. The molecule has 0 N–H and O–H groups in total. The molecule has 24 heavy (non-hydrogen) atoms. The summed E-state index contributed by atoms with van der Waals surface area (Å²) in [6.07, 6.45) is 1.33. The fourth-order valence-corrected chi connectivity index (χ4v) is 2.83. The molecule has 1 saturated heterocycles. The molecule has 0 radical (unpaired) electrons. The fraction of sp³-hybridized carbons (Fsp3) is 0.263. The van der Waals surface area contributed by atoms with Crippen LogP contribution in [0.25, 0.3) is 0 Å². The monoisotopic (exact) mass is 325 g/mol. The lowest BCUT2D eigenvalue weighted by Gasteiger charge is -2.19. The van der Waals surface area contributed by atoms with Gasteiger partial charge in [-0.3, -0.25) is 4.79 Å². The third kappa shape index (κ3) is 3.25. The summed E-state index contributed by atoms with van der Waals surface area (Å²) in [7, 11) is 1.58. The summed E-state index contributed by atoms with van der Waals surface area (Å²) in [6.45, 7) is 0.751. The van der Waals surface area contributed by atoms with Crippen molar-refractivity contribution >= 4 is 17.6 Å². The molecule has 1 heterocycles. The van der Waals surface area contributed by atoms with Gasteiger partial charge in [-0.15, -0.1) is 0 Å². The van der Waals surface area contributed by atoms with Crippen molar-refractivity contribution < 1.29 is 19.1 Å². The van der Waals surface area contributed by atoms with Crippen LogP contribution in [0.15, 0.2) is 48.5 Å². The molecule has 0 saturated carbocycles. The Morgan fingerprint density at radius 2 is 1.88 bits per heavy atom. The van der Waals surface area contributed by atoms with Crippen LogP contribution in [0.2, 0.25) is 0 Å². The molecular weight excluding hydrogens is 306 g/mol. The minimum absolute atomic E-state index is 0.0416. The van der Waals surface area contributed by atoms with E-state index >= 15 is 0 Å². The van der Waals surface area contributed by atoms with E-state index in [4.69, 9.17) is 9.47 Å². The number of ether oxygens (including phenoxy) is 2. The van der Waals surface area contributed by atoms with Crippen molar-refractivity contribution in [1.29, 1.82) is 0 Å². The van der Waals surface area contributed by atoms with Crippen LogP contribution < -0.4 is 9.64 Å². The Morgan fingerprint density at radius 3 is 2.62 bits per heavy atom. The lowest BCUT2D eigenvalue weighted by Crippen LogP contribution is -2.26. The molecule has 0 spiro atoms. The highest BCUT2D eigenvalue weighted by Crippen LogP contribution is 2.26. The molecule has 1 amide bonds. The molecule has 0 aliphatic carbocycles. The first-order valence-corrected chi connectivity index (χ1v) is 7.89. The molecule has 0 bridgehead atoms. The number of carbonyl (C=O) groups is 2. The Balaban J connectivity index is 1.77. The summed E-state index contributed by atoms with van der Waals surface area (Å²) in [5.74, 6) is 0.268. The average Bonchev–Trinajstić information content (AvgIpc) is 3.05. The Bertz CT molecular complexity index is 757. The quantitative estimate of drug-likeness (QED) is 0.792. The highest BCUT2D eigenvalue weighted by atomic mass is 16.5. The number of benzene rings is 2. The third-order valence-corrected chi connectivity index (χ3v) is 4.04. The largest absolute Gasteiger partial charge is 0.496 e. The Kier molecular flexibility index (Phi) is 4.79. The molecule has 0 atom stereocenters. The topological polar surface area (TPSA) is 55.8 Å². The Morgan fingerprint density at radius 1 is 1.12 bits per heavy atom. The molecule has 0 aromatic heterocycles. The van der Waals surface area contributed by atoms with Gasteiger partial charge >= 0.3 is 5.97 Å². The number of nitrogens with zero attached hydrogens (tertiary/aromatic N) is 1. The summed E-state index contributed by atoms with van der Waals surface area (Å²) in [5.41, 5.74) is 1.82. The number of anilines is 1. The summed E-state index contributed by atoms with van der Waals surface area (Å²) < 4.78 is 10.7. The van der Waals surface area contributed by atoms with Gasteiger partial charge in [-0.1, -0.05) is 30.3 Å². The number of esters is 1. The molecule has 1 aliphatic rings. The maximum absolute atomic E-state index is 12.5. The van der Waals surface area contributed by atoms with Gasteiger partial charge in [0, 0.05) is 18.5 Å². The predicted octanol–water partition coefficient (Wildman–Crippen LogP) is 3.18. The van der Waals surface area contributed by atoms with E-state index < -0.39 is 5.97 Å². The second-order valence-electron chi connectivity index (χ2n) is 5.55. The van der Waals surface area contributed by atoms with Crippen LogP contribution in [0.1, 0.15) is 28.8 Å². The molecule has 1 aliphatic heterocycles. The Labute approximate surface area is 140 Å². The standard InChI is InChI=1S/C19H19NO4/c1-23-17-10-5-2-7-14(17)13-24-19(22)15-8-3-4-9-16(15)20-12-6-11-18(20)21/h2-5,7-10H,6,11-13H2,1H3. The molecule has 5 nitrogen and oxygen atoms in total. The molecule has 1 fully saturated rings. The van der Waals surface area contributed by atoms with Crippen molar-refractivity contribution in [3.63, 3.8) is 0 Å². The summed E-state index contributed by atoms with van der Waals surface area (Å²) in [5, 5.41) is 0. The third-order valence-electron chi connectivity index (χ3n) is 4.04. The van der Waals surface area contributed by atoms with Gasteiger partial charge in [0.1, 0.15) is 12.4 Å². The van der Waals surface area contributed by atoms with Crippen molar-refractivity contribution in [2.24, 2.45) is 0 Å². The zero-order valence-electron chi connectivity index (χ0n) is 13.5. The van der Waals surface area contributed by atoms with Crippen LogP contribution in [-0.4, -0.2) is 25.5 Å². The zero-order chi connectivity index (χ0) is 16.9. The smallest absolute Gasteiger partial charge is 0.340 e. The number of carbonyl (C=O) groups excluding carboxylic acids is 2. The summed E-state index contributed by atoms with van der Waals surface area (Å²) in [6, 6.07) is 14.4. The number of rotatable bonds is 5. The maximum Gasteiger partial charge on any atom is 0.340 e. The van der Waals surface area contributed by atoms with Gasteiger partial charge in [0.15, 0.2) is 0 Å². The average molecular weight is 325 g/mol. The number of hydrogen-bond acceptors (Lipinski definition) is 4. The lowest BCUT2D eigenvalue weighted by molar-refractivity contribution is -0.117. The van der Waals surface area contributed by atoms with Crippen LogP contribution in [0.5, 0.6) is 5.75 Å². The predicted molar refractivity (Wildman–Crippen MR) is 90.1 cm³/mol. The van der Waals surface area contributed by atoms with Crippen molar-refractivity contribution in [3.05, 3.63) is 59.7 Å². The van der Waals surface area contributed by atoms with E-state index in [2.05, 4.69) is 0 Å². The summed E-state index contributed by atoms with van der Waals surface area (Å²) in [4.78, 5) is 26.1. The first kappa shape index (κ1) is 16.1. The van der Waals surface area contributed by atoms with Gasteiger partial charge in [-0.2, -0.15) is 0 Å². The van der Waals surface area contributed by atoms with E-state index in [1.807, 2.05) is 30.3 Å². The van der Waals surface area contributed by atoms with E-state index in [1.54, 1.807) is 30.2 Å². The van der Waals surface area contributed by atoms with E-state index in [1.165, 1.54) is 0 Å². The molecule has 124 valence electrons. The van der Waals surface area contributed by atoms with E-state index in [0.717, 1.165) is 12.0 Å². The minimum Gasteiger partial charge on any atom is -0.496 e. The maximum atomic E-state index is 12.5. The van der Waals surface area contributed by atoms with Crippen LogP contribution in [-0.2, 0) is 16.1 Å². The zero-order valence-corrected chi connectivity index (χ0v) is 13.5. The van der Waals surface area contributed by atoms with E-state index in [-0.39, 0.29) is 12.5 Å². The molecular formula is C19H19NO4. The first-order valence-electron chi connectivity index (χ1n) is 7.89. The van der Waals surface area contributed by atoms with Gasteiger partial charge in [-0.25, -0.2) is 4.79 Å². The molecule has 0 unspecified atom stereocenters. The highest BCUT2D eigenvalue weighted by molar-refractivity contribution is 6.03. The van der Waals surface area contributed by atoms with Gasteiger partial charge < -0.3 is 14.4 Å². The number of amides is 1. The second-order valence-corrected chi connectivity index (χ2v) is 5.55. The number of para-hydroxylation sites is 2. The van der Waals surface area contributed by atoms with E-state index in [0.29, 0.717) is 30.0 Å². The Hall–Kier alpha value is -2.82. The van der Waals surface area contributed by atoms with Gasteiger partial charge in [0.25, 0.3) is 0 Å². The minimum atomic E-state index is -0.448.